The van der Waals surface area contributed by atoms with Crippen molar-refractivity contribution in [3.63, 3.8) is 0 Å². The van der Waals surface area contributed by atoms with Gasteiger partial charge in [0.2, 0.25) is 10.0 Å². The molecule has 0 aromatic heterocycles. The van der Waals surface area contributed by atoms with Crippen molar-refractivity contribution in [2.24, 2.45) is 11.1 Å². The first-order valence-corrected chi connectivity index (χ1v) is 9.30. The number of hydrogen-bond acceptors (Lipinski definition) is 3. The molecule has 2 rings (SSSR count). The first kappa shape index (κ1) is 16.9. The number of sulfonamides is 1. The van der Waals surface area contributed by atoms with Gasteiger partial charge in [0.15, 0.2) is 0 Å². The molecule has 0 spiro atoms. The summed E-state index contributed by atoms with van der Waals surface area (Å²) in [7, 11) is -3.89. The summed E-state index contributed by atoms with van der Waals surface area (Å²) in [5.74, 6) is 1.18. The van der Waals surface area contributed by atoms with Gasteiger partial charge in [0, 0.05) is 0 Å². The number of primary sulfonamides is 1. The lowest BCUT2D eigenvalue weighted by atomic mass is 9.86. The fourth-order valence-electron chi connectivity index (χ4n) is 2.66. The lowest BCUT2D eigenvalue weighted by Crippen LogP contribution is -2.24. The average molecular weight is 352 g/mol. The summed E-state index contributed by atoms with van der Waals surface area (Å²) in [5.41, 5.74) is 0. The SMILES string of the molecule is CCC1CCC(Oc2ccc(S(N)(=O)=O)c(Cl)c2Cl)CC1. The van der Waals surface area contributed by atoms with Crippen LogP contribution in [0.15, 0.2) is 17.0 Å². The predicted molar refractivity (Wildman–Crippen MR) is 84.5 cm³/mol. The van der Waals surface area contributed by atoms with Crippen molar-refractivity contribution < 1.29 is 13.2 Å². The van der Waals surface area contributed by atoms with Gasteiger partial charge in [-0.15, -0.1) is 0 Å². The number of nitrogens with two attached hydrogens (primary N) is 1. The van der Waals surface area contributed by atoms with Crippen LogP contribution in [0.4, 0.5) is 0 Å². The van der Waals surface area contributed by atoms with Gasteiger partial charge in [0.05, 0.1) is 11.1 Å². The van der Waals surface area contributed by atoms with Crippen LogP contribution in [-0.2, 0) is 10.0 Å². The van der Waals surface area contributed by atoms with Crippen LogP contribution >= 0.6 is 23.2 Å². The number of hydrogen-bond donors (Lipinski definition) is 1. The Hall–Kier alpha value is -0.490. The standard InChI is InChI=1S/C14H19Cl2NO3S/c1-2-9-3-5-10(6-4-9)20-11-7-8-12(21(17,18)19)14(16)13(11)15/h7-10H,2-6H2,1H3,(H2,17,18,19). The van der Waals surface area contributed by atoms with E-state index in [1.165, 1.54) is 18.6 Å². The number of halogens is 2. The Labute approximate surface area is 135 Å². The van der Waals surface area contributed by atoms with Gasteiger partial charge in [-0.3, -0.25) is 0 Å². The van der Waals surface area contributed by atoms with E-state index < -0.39 is 10.0 Å². The van der Waals surface area contributed by atoms with Crippen molar-refractivity contribution >= 4 is 33.2 Å². The Kier molecular flexibility index (Phi) is 5.41. The van der Waals surface area contributed by atoms with E-state index in [0.717, 1.165) is 31.6 Å². The zero-order valence-corrected chi connectivity index (χ0v) is 14.1. The molecule has 0 saturated heterocycles. The molecule has 1 aliphatic rings. The third-order valence-electron chi connectivity index (χ3n) is 3.98. The summed E-state index contributed by atoms with van der Waals surface area (Å²) in [6.45, 7) is 2.20. The average Bonchev–Trinajstić information content (AvgIpc) is 2.43. The maximum Gasteiger partial charge on any atom is 0.239 e. The molecule has 0 heterocycles. The molecule has 1 saturated carbocycles. The second kappa shape index (κ2) is 6.73. The second-order valence-electron chi connectivity index (χ2n) is 5.40. The van der Waals surface area contributed by atoms with Gasteiger partial charge in [0.1, 0.15) is 15.7 Å². The van der Waals surface area contributed by atoms with Crippen molar-refractivity contribution in [2.45, 2.75) is 50.0 Å². The molecule has 0 unspecified atom stereocenters. The highest BCUT2D eigenvalue weighted by Gasteiger charge is 2.24. The highest BCUT2D eigenvalue weighted by molar-refractivity contribution is 7.89. The van der Waals surface area contributed by atoms with Crippen LogP contribution in [0.5, 0.6) is 5.75 Å². The van der Waals surface area contributed by atoms with E-state index in [9.17, 15) is 8.42 Å². The van der Waals surface area contributed by atoms with Gasteiger partial charge < -0.3 is 4.74 Å². The summed E-state index contributed by atoms with van der Waals surface area (Å²) in [5, 5.41) is 5.09. The molecule has 1 aliphatic carbocycles. The molecule has 21 heavy (non-hydrogen) atoms. The molecule has 4 nitrogen and oxygen atoms in total. The normalized spacial score (nSPS) is 23.0. The first-order valence-electron chi connectivity index (χ1n) is 7.00. The van der Waals surface area contributed by atoms with Crippen LogP contribution in [-0.4, -0.2) is 14.5 Å². The van der Waals surface area contributed by atoms with Gasteiger partial charge >= 0.3 is 0 Å². The van der Waals surface area contributed by atoms with Gasteiger partial charge in [0.25, 0.3) is 0 Å². The van der Waals surface area contributed by atoms with Crippen molar-refractivity contribution in [1.82, 2.24) is 0 Å². The molecule has 0 amide bonds. The Morgan fingerprint density at radius 1 is 1.19 bits per heavy atom. The molecular weight excluding hydrogens is 333 g/mol. The fourth-order valence-corrected chi connectivity index (χ4v) is 4.02. The molecular formula is C14H19Cl2NO3S. The van der Waals surface area contributed by atoms with Crippen molar-refractivity contribution in [1.29, 1.82) is 0 Å². The zero-order chi connectivity index (χ0) is 15.6. The van der Waals surface area contributed by atoms with E-state index in [-0.39, 0.29) is 21.0 Å². The van der Waals surface area contributed by atoms with E-state index in [1.54, 1.807) is 0 Å². The van der Waals surface area contributed by atoms with Crippen molar-refractivity contribution in [3.05, 3.63) is 22.2 Å². The molecule has 0 atom stereocenters. The van der Waals surface area contributed by atoms with Crippen LogP contribution < -0.4 is 9.88 Å². The molecule has 2 N–H and O–H groups in total. The Morgan fingerprint density at radius 2 is 1.81 bits per heavy atom. The maximum absolute atomic E-state index is 11.4. The van der Waals surface area contributed by atoms with Gasteiger partial charge in [-0.05, 0) is 43.7 Å². The number of rotatable bonds is 4. The highest BCUT2D eigenvalue weighted by atomic mass is 35.5. The molecule has 7 heteroatoms. The number of ether oxygens (including phenoxy) is 1. The zero-order valence-electron chi connectivity index (χ0n) is 11.8. The monoisotopic (exact) mass is 351 g/mol. The molecule has 1 aromatic rings. The predicted octanol–water partition coefficient (Wildman–Crippen LogP) is 3.99. The number of benzene rings is 1. The second-order valence-corrected chi connectivity index (χ2v) is 7.69. The minimum absolute atomic E-state index is 0.0843. The van der Waals surface area contributed by atoms with E-state index in [1.807, 2.05) is 0 Å². The lowest BCUT2D eigenvalue weighted by molar-refractivity contribution is 0.130. The summed E-state index contributed by atoms with van der Waals surface area (Å²) in [6.07, 6.45) is 5.53. The Morgan fingerprint density at radius 3 is 2.33 bits per heavy atom. The topological polar surface area (TPSA) is 69.4 Å². The Bertz CT molecular complexity index is 611. The minimum Gasteiger partial charge on any atom is -0.489 e. The van der Waals surface area contributed by atoms with Crippen molar-refractivity contribution in [3.8, 4) is 5.75 Å². The van der Waals surface area contributed by atoms with Gasteiger partial charge in [-0.1, -0.05) is 36.5 Å². The maximum atomic E-state index is 11.4. The van der Waals surface area contributed by atoms with Crippen LogP contribution in [0, 0.1) is 5.92 Å². The van der Waals surface area contributed by atoms with Gasteiger partial charge in [-0.25, -0.2) is 13.6 Å². The minimum atomic E-state index is -3.89. The lowest BCUT2D eigenvalue weighted by Gasteiger charge is -2.28. The third-order valence-corrected chi connectivity index (χ3v) is 5.91. The fraction of sp³-hybridized carbons (Fsp3) is 0.571. The van der Waals surface area contributed by atoms with E-state index in [0.29, 0.717) is 5.75 Å². The summed E-state index contributed by atoms with van der Waals surface area (Å²) < 4.78 is 28.6. The van der Waals surface area contributed by atoms with Gasteiger partial charge in [-0.2, -0.15) is 0 Å². The van der Waals surface area contributed by atoms with Crippen LogP contribution in [0.1, 0.15) is 39.0 Å². The quantitative estimate of drug-likeness (QED) is 0.891. The Balaban J connectivity index is 2.14. The molecule has 0 aliphatic heterocycles. The molecule has 0 radical (unpaired) electrons. The van der Waals surface area contributed by atoms with Crippen LogP contribution in [0.25, 0.3) is 0 Å². The summed E-state index contributed by atoms with van der Waals surface area (Å²) >= 11 is 12.1. The molecule has 118 valence electrons. The smallest absolute Gasteiger partial charge is 0.239 e. The molecule has 0 bridgehead atoms. The molecule has 1 aromatic carbocycles. The largest absolute Gasteiger partial charge is 0.489 e. The highest BCUT2D eigenvalue weighted by Crippen LogP contribution is 2.38. The first-order chi connectivity index (χ1) is 9.82. The van der Waals surface area contributed by atoms with Crippen LogP contribution in [0.3, 0.4) is 0 Å². The molecule has 1 fully saturated rings. The van der Waals surface area contributed by atoms with E-state index in [4.69, 9.17) is 33.1 Å². The van der Waals surface area contributed by atoms with E-state index >= 15 is 0 Å². The summed E-state index contributed by atoms with van der Waals surface area (Å²) in [6, 6.07) is 2.84. The third kappa shape index (κ3) is 4.03. The van der Waals surface area contributed by atoms with Crippen molar-refractivity contribution in [2.75, 3.05) is 0 Å². The van der Waals surface area contributed by atoms with E-state index in [2.05, 4.69) is 6.92 Å². The summed E-state index contributed by atoms with van der Waals surface area (Å²) in [4.78, 5) is -0.184. The van der Waals surface area contributed by atoms with Crippen LogP contribution in [0.2, 0.25) is 10.0 Å².